The van der Waals surface area contributed by atoms with Crippen LogP contribution in [0.25, 0.3) is 0 Å². The molecule has 1 aromatic rings. The Hall–Kier alpha value is -2.44. The Morgan fingerprint density at radius 3 is 2.13 bits per heavy atom. The van der Waals surface area contributed by atoms with Crippen LogP contribution in [0, 0.1) is 0 Å². The number of alkyl carbamates (subject to hydrolysis) is 1. The van der Waals surface area contributed by atoms with Crippen LogP contribution in [0.2, 0.25) is 0 Å². The molecular formula is C23H37NO6. The molecule has 1 aromatic carbocycles. The van der Waals surface area contributed by atoms with Gasteiger partial charge in [0.25, 0.3) is 0 Å². The van der Waals surface area contributed by atoms with Crippen LogP contribution in [0.5, 0.6) is 11.5 Å². The maximum Gasteiger partial charge on any atom is 0.408 e. The molecule has 30 heavy (non-hydrogen) atoms. The van der Waals surface area contributed by atoms with Crippen molar-refractivity contribution < 1.29 is 28.5 Å². The Morgan fingerprint density at radius 2 is 1.60 bits per heavy atom. The van der Waals surface area contributed by atoms with Crippen molar-refractivity contribution in [2.24, 2.45) is 0 Å². The van der Waals surface area contributed by atoms with Crippen LogP contribution in [-0.2, 0) is 20.7 Å². The van der Waals surface area contributed by atoms with E-state index in [9.17, 15) is 9.59 Å². The van der Waals surface area contributed by atoms with Crippen molar-refractivity contribution in [2.75, 3.05) is 20.3 Å². The molecule has 7 heteroatoms. The maximum absolute atomic E-state index is 12.2. The zero-order chi connectivity index (χ0) is 22.6. The summed E-state index contributed by atoms with van der Waals surface area (Å²) in [6, 6.07) is 4.68. The second kappa shape index (κ2) is 13.0. The van der Waals surface area contributed by atoms with Gasteiger partial charge in [0.15, 0.2) is 11.5 Å². The number of amides is 1. The van der Waals surface area contributed by atoms with Crippen molar-refractivity contribution >= 4 is 12.1 Å². The van der Waals surface area contributed by atoms with E-state index in [1.54, 1.807) is 20.8 Å². The van der Waals surface area contributed by atoms with Crippen LogP contribution in [0.4, 0.5) is 4.79 Å². The zero-order valence-electron chi connectivity index (χ0n) is 19.2. The van der Waals surface area contributed by atoms with Crippen molar-refractivity contribution in [3.05, 3.63) is 23.8 Å². The third kappa shape index (κ3) is 9.85. The summed E-state index contributed by atoms with van der Waals surface area (Å²) in [6.07, 6.45) is 3.53. The first-order valence-corrected chi connectivity index (χ1v) is 10.7. The predicted octanol–water partition coefficient (Wildman–Crippen LogP) is 4.65. The average molecular weight is 424 g/mol. The second-order valence-corrected chi connectivity index (χ2v) is 8.11. The monoisotopic (exact) mass is 423 g/mol. The van der Waals surface area contributed by atoms with Gasteiger partial charge in [-0.1, -0.05) is 32.8 Å². The van der Waals surface area contributed by atoms with E-state index in [0.29, 0.717) is 24.7 Å². The summed E-state index contributed by atoms with van der Waals surface area (Å²) in [7, 11) is 1.29. The zero-order valence-corrected chi connectivity index (χ0v) is 19.2. The van der Waals surface area contributed by atoms with E-state index in [1.165, 1.54) is 7.11 Å². The molecule has 7 nitrogen and oxygen atoms in total. The number of ether oxygens (including phenoxy) is 4. The van der Waals surface area contributed by atoms with Gasteiger partial charge in [-0.15, -0.1) is 0 Å². The highest BCUT2D eigenvalue weighted by Crippen LogP contribution is 2.29. The van der Waals surface area contributed by atoms with Gasteiger partial charge in [0.05, 0.1) is 20.3 Å². The van der Waals surface area contributed by atoms with Crippen molar-refractivity contribution in [1.82, 2.24) is 5.32 Å². The number of methoxy groups -OCH3 is 1. The smallest absolute Gasteiger partial charge is 0.408 e. The molecule has 0 heterocycles. The van der Waals surface area contributed by atoms with Crippen molar-refractivity contribution in [2.45, 2.75) is 78.4 Å². The van der Waals surface area contributed by atoms with Gasteiger partial charge in [0.2, 0.25) is 0 Å². The number of carbonyl (C=O) groups excluding carboxylic acids is 2. The summed E-state index contributed by atoms with van der Waals surface area (Å²) < 4.78 is 21.9. The number of unbranched alkanes of at least 4 members (excludes halogenated alkanes) is 2. The van der Waals surface area contributed by atoms with Crippen molar-refractivity contribution in [3.63, 3.8) is 0 Å². The van der Waals surface area contributed by atoms with Crippen LogP contribution >= 0.6 is 0 Å². The minimum Gasteiger partial charge on any atom is -0.490 e. The third-order valence-corrected chi connectivity index (χ3v) is 4.14. The molecule has 1 N–H and O–H groups in total. The lowest BCUT2D eigenvalue weighted by Crippen LogP contribution is -2.45. The number of rotatable bonds is 12. The number of carbonyl (C=O) groups is 2. The largest absolute Gasteiger partial charge is 0.490 e. The molecular weight excluding hydrogens is 386 g/mol. The summed E-state index contributed by atoms with van der Waals surface area (Å²) in [5.74, 6) is 0.772. The van der Waals surface area contributed by atoms with Crippen LogP contribution in [-0.4, -0.2) is 44.0 Å². The highest BCUT2D eigenvalue weighted by molar-refractivity contribution is 5.81. The minimum atomic E-state index is -0.875. The number of hydrogen-bond donors (Lipinski definition) is 1. The summed E-state index contributed by atoms with van der Waals surface area (Å²) in [5, 5.41) is 2.59. The van der Waals surface area contributed by atoms with E-state index in [0.717, 1.165) is 31.2 Å². The molecule has 1 atom stereocenters. The quantitative estimate of drug-likeness (QED) is 0.389. The fraction of sp³-hybridized carbons (Fsp3) is 0.652. The molecule has 0 saturated carbocycles. The number of nitrogens with one attached hydrogen (secondary N) is 1. The molecule has 0 saturated heterocycles. The van der Waals surface area contributed by atoms with Crippen molar-refractivity contribution in [3.8, 4) is 11.5 Å². The molecule has 0 radical (unpaired) electrons. The van der Waals surface area contributed by atoms with Gasteiger partial charge in [-0.05, 0) is 51.3 Å². The first-order chi connectivity index (χ1) is 14.2. The molecule has 1 amide bonds. The van der Waals surface area contributed by atoms with E-state index in [-0.39, 0.29) is 6.42 Å². The Kier molecular flexibility index (Phi) is 11.1. The van der Waals surface area contributed by atoms with Crippen LogP contribution in [0.15, 0.2) is 18.2 Å². The fourth-order valence-corrected chi connectivity index (χ4v) is 2.59. The average Bonchev–Trinajstić information content (AvgIpc) is 2.67. The first-order valence-electron chi connectivity index (χ1n) is 10.7. The third-order valence-electron chi connectivity index (χ3n) is 4.14. The molecule has 0 bridgehead atoms. The summed E-state index contributed by atoms with van der Waals surface area (Å²) in [6.45, 7) is 10.7. The minimum absolute atomic E-state index is 0.241. The van der Waals surface area contributed by atoms with Gasteiger partial charge >= 0.3 is 12.1 Å². The van der Waals surface area contributed by atoms with Gasteiger partial charge < -0.3 is 24.3 Å². The van der Waals surface area contributed by atoms with Crippen LogP contribution in [0.3, 0.4) is 0 Å². The van der Waals surface area contributed by atoms with E-state index in [2.05, 4.69) is 19.2 Å². The van der Waals surface area contributed by atoms with Gasteiger partial charge in [-0.3, -0.25) is 0 Å². The molecule has 1 rings (SSSR count). The van der Waals surface area contributed by atoms with E-state index >= 15 is 0 Å². The van der Waals surface area contributed by atoms with Gasteiger partial charge in [0.1, 0.15) is 11.6 Å². The molecule has 0 aromatic heterocycles. The number of esters is 1. The summed E-state index contributed by atoms with van der Waals surface area (Å²) >= 11 is 0. The van der Waals surface area contributed by atoms with Gasteiger partial charge in [-0.2, -0.15) is 0 Å². The maximum atomic E-state index is 12.2. The molecule has 0 aliphatic heterocycles. The molecule has 0 spiro atoms. The highest BCUT2D eigenvalue weighted by atomic mass is 16.6. The van der Waals surface area contributed by atoms with Crippen LogP contribution in [0.1, 0.15) is 65.9 Å². The standard InChI is InChI=1S/C23H37NO6/c1-7-9-13-28-19-12-11-17(16-20(19)29-14-10-8-2)15-18(21(25)27-6)24-22(26)30-23(3,4)5/h11-12,16,18H,7-10,13-15H2,1-6H3,(H,24,26). The molecule has 1 unspecified atom stereocenters. The van der Waals surface area contributed by atoms with E-state index < -0.39 is 23.7 Å². The van der Waals surface area contributed by atoms with Crippen molar-refractivity contribution in [1.29, 1.82) is 0 Å². The highest BCUT2D eigenvalue weighted by Gasteiger charge is 2.25. The molecule has 0 aliphatic carbocycles. The fourth-order valence-electron chi connectivity index (χ4n) is 2.59. The molecule has 170 valence electrons. The Labute approximate surface area is 180 Å². The first kappa shape index (κ1) is 25.6. The van der Waals surface area contributed by atoms with Gasteiger partial charge in [-0.25, -0.2) is 9.59 Å². The summed E-state index contributed by atoms with van der Waals surface area (Å²) in [4.78, 5) is 24.3. The normalized spacial score (nSPS) is 12.1. The Bertz CT molecular complexity index is 668. The Balaban J connectivity index is 2.96. The van der Waals surface area contributed by atoms with E-state index in [4.69, 9.17) is 18.9 Å². The molecule has 0 fully saturated rings. The summed E-state index contributed by atoms with van der Waals surface area (Å²) in [5.41, 5.74) is 0.151. The lowest BCUT2D eigenvalue weighted by atomic mass is 10.1. The molecule has 0 aliphatic rings. The Morgan fingerprint density at radius 1 is 1.00 bits per heavy atom. The lowest BCUT2D eigenvalue weighted by Gasteiger charge is -2.23. The number of hydrogen-bond acceptors (Lipinski definition) is 6. The SMILES string of the molecule is CCCCOc1ccc(CC(NC(=O)OC(C)(C)C)C(=O)OC)cc1OCCCC. The lowest BCUT2D eigenvalue weighted by molar-refractivity contribution is -0.143. The van der Waals surface area contributed by atoms with Gasteiger partial charge in [0, 0.05) is 6.42 Å². The van der Waals surface area contributed by atoms with Crippen LogP contribution < -0.4 is 14.8 Å². The second-order valence-electron chi connectivity index (χ2n) is 8.11. The number of benzene rings is 1. The topological polar surface area (TPSA) is 83.1 Å². The predicted molar refractivity (Wildman–Crippen MR) is 116 cm³/mol. The van der Waals surface area contributed by atoms with E-state index in [1.807, 2.05) is 18.2 Å².